The molecular weight excluding hydrogens is 205 g/mol. The van der Waals surface area contributed by atoms with Crippen molar-refractivity contribution in [1.82, 2.24) is 4.90 Å². The normalized spacial score (nSPS) is 38.8. The summed E-state index contributed by atoms with van der Waals surface area (Å²) < 4.78 is 18.7. The van der Waals surface area contributed by atoms with Gasteiger partial charge in [-0.1, -0.05) is 13.8 Å². The van der Waals surface area contributed by atoms with Crippen LogP contribution in [0.25, 0.3) is 0 Å². The minimum Gasteiger partial charge on any atom is -0.374 e. The molecule has 16 heavy (non-hydrogen) atoms. The predicted octanol–water partition coefficient (Wildman–Crippen LogP) is 2.48. The number of hydrogen-bond acceptors (Lipinski definition) is 2. The van der Waals surface area contributed by atoms with E-state index in [0.29, 0.717) is 18.9 Å². The molecule has 2 heterocycles. The summed E-state index contributed by atoms with van der Waals surface area (Å²) in [5.41, 5.74) is 0. The Kier molecular flexibility index (Phi) is 4.20. The summed E-state index contributed by atoms with van der Waals surface area (Å²) in [5.74, 6) is 1.24. The van der Waals surface area contributed by atoms with Gasteiger partial charge in [-0.15, -0.1) is 0 Å². The summed E-state index contributed by atoms with van der Waals surface area (Å²) in [7, 11) is 0. The Bertz CT molecular complexity index is 216. The molecule has 0 aromatic heterocycles. The number of likely N-dealkylation sites (tertiary alicyclic amines) is 1. The Morgan fingerprint density at radius 1 is 1.25 bits per heavy atom. The molecule has 2 aliphatic rings. The maximum Gasteiger partial charge on any atom is 0.124 e. The SMILES string of the molecule is CC1CCN(C[C@H]2OCC(F)CC2C)CC1. The van der Waals surface area contributed by atoms with Crippen LogP contribution >= 0.6 is 0 Å². The van der Waals surface area contributed by atoms with Gasteiger partial charge in [0.1, 0.15) is 6.17 Å². The second-order valence-electron chi connectivity index (χ2n) is 5.67. The van der Waals surface area contributed by atoms with E-state index in [9.17, 15) is 4.39 Å². The highest BCUT2D eigenvalue weighted by atomic mass is 19.1. The lowest BCUT2D eigenvalue weighted by atomic mass is 9.93. The van der Waals surface area contributed by atoms with E-state index in [-0.39, 0.29) is 6.10 Å². The van der Waals surface area contributed by atoms with Crippen LogP contribution in [0.1, 0.15) is 33.1 Å². The number of ether oxygens (including phenoxy) is 1. The maximum atomic E-state index is 13.1. The van der Waals surface area contributed by atoms with Gasteiger partial charge < -0.3 is 9.64 Å². The van der Waals surface area contributed by atoms with E-state index in [1.807, 2.05) is 0 Å². The first kappa shape index (κ1) is 12.3. The number of nitrogens with zero attached hydrogens (tertiary/aromatic N) is 1. The molecule has 94 valence electrons. The fourth-order valence-electron chi connectivity index (χ4n) is 2.75. The molecular formula is C13H24FNO. The molecule has 2 saturated heterocycles. The fraction of sp³-hybridized carbons (Fsp3) is 1.00. The minimum absolute atomic E-state index is 0.250. The average molecular weight is 229 g/mol. The molecule has 0 bridgehead atoms. The van der Waals surface area contributed by atoms with Gasteiger partial charge in [-0.2, -0.15) is 0 Å². The molecule has 2 unspecified atom stereocenters. The molecule has 2 nitrogen and oxygen atoms in total. The van der Waals surface area contributed by atoms with E-state index in [0.717, 1.165) is 12.5 Å². The van der Waals surface area contributed by atoms with Crippen molar-refractivity contribution < 1.29 is 9.13 Å². The van der Waals surface area contributed by atoms with Crippen LogP contribution in [0.3, 0.4) is 0 Å². The number of alkyl halides is 1. The Morgan fingerprint density at radius 3 is 2.56 bits per heavy atom. The zero-order valence-corrected chi connectivity index (χ0v) is 10.5. The van der Waals surface area contributed by atoms with Crippen molar-refractivity contribution in [2.75, 3.05) is 26.2 Å². The van der Waals surface area contributed by atoms with Crippen LogP contribution in [0.5, 0.6) is 0 Å². The van der Waals surface area contributed by atoms with Crippen molar-refractivity contribution in [1.29, 1.82) is 0 Å². The van der Waals surface area contributed by atoms with Crippen molar-refractivity contribution in [2.45, 2.75) is 45.4 Å². The standard InChI is InChI=1S/C13H24FNO/c1-10-3-5-15(6-4-10)8-13-11(2)7-12(14)9-16-13/h10-13H,3-9H2,1-2H3/t11?,12?,13-/m1/s1. The van der Waals surface area contributed by atoms with Gasteiger partial charge in [0.25, 0.3) is 0 Å². The zero-order chi connectivity index (χ0) is 11.5. The summed E-state index contributed by atoms with van der Waals surface area (Å²) in [5, 5.41) is 0. The Morgan fingerprint density at radius 2 is 1.94 bits per heavy atom. The van der Waals surface area contributed by atoms with Crippen molar-refractivity contribution in [3.05, 3.63) is 0 Å². The van der Waals surface area contributed by atoms with Crippen molar-refractivity contribution >= 4 is 0 Å². The summed E-state index contributed by atoms with van der Waals surface area (Å²) in [6.07, 6.45) is 2.78. The van der Waals surface area contributed by atoms with Crippen molar-refractivity contribution in [3.8, 4) is 0 Å². The van der Waals surface area contributed by atoms with Gasteiger partial charge >= 0.3 is 0 Å². The lowest BCUT2D eigenvalue weighted by molar-refractivity contribution is -0.0746. The quantitative estimate of drug-likeness (QED) is 0.721. The van der Waals surface area contributed by atoms with E-state index < -0.39 is 6.17 Å². The molecule has 0 N–H and O–H groups in total. The zero-order valence-electron chi connectivity index (χ0n) is 10.5. The van der Waals surface area contributed by atoms with Gasteiger partial charge in [-0.25, -0.2) is 4.39 Å². The van der Waals surface area contributed by atoms with Gasteiger partial charge in [-0.3, -0.25) is 0 Å². The third-order valence-electron chi connectivity index (χ3n) is 4.07. The second kappa shape index (κ2) is 5.46. The first-order chi connectivity index (χ1) is 7.65. The highest BCUT2D eigenvalue weighted by Gasteiger charge is 2.30. The van der Waals surface area contributed by atoms with E-state index in [1.54, 1.807) is 0 Å². The monoisotopic (exact) mass is 229 g/mol. The lowest BCUT2D eigenvalue weighted by Crippen LogP contribution is -2.45. The number of halogens is 1. The van der Waals surface area contributed by atoms with E-state index in [4.69, 9.17) is 4.74 Å². The fourth-order valence-corrected chi connectivity index (χ4v) is 2.75. The van der Waals surface area contributed by atoms with E-state index in [2.05, 4.69) is 18.7 Å². The first-order valence-corrected chi connectivity index (χ1v) is 6.63. The number of rotatable bonds is 2. The second-order valence-corrected chi connectivity index (χ2v) is 5.67. The van der Waals surface area contributed by atoms with Crippen LogP contribution in [0.2, 0.25) is 0 Å². The first-order valence-electron chi connectivity index (χ1n) is 6.63. The van der Waals surface area contributed by atoms with E-state index >= 15 is 0 Å². The molecule has 0 saturated carbocycles. The largest absolute Gasteiger partial charge is 0.374 e. The average Bonchev–Trinajstić information content (AvgIpc) is 2.25. The molecule has 0 radical (unpaired) electrons. The topological polar surface area (TPSA) is 12.5 Å². The van der Waals surface area contributed by atoms with Crippen LogP contribution in [-0.2, 0) is 4.74 Å². The van der Waals surface area contributed by atoms with Crippen LogP contribution in [0, 0.1) is 11.8 Å². The van der Waals surface area contributed by atoms with Crippen molar-refractivity contribution in [3.63, 3.8) is 0 Å². The predicted molar refractivity (Wildman–Crippen MR) is 63.3 cm³/mol. The molecule has 2 rings (SSSR count). The van der Waals surface area contributed by atoms with Crippen LogP contribution in [-0.4, -0.2) is 43.4 Å². The van der Waals surface area contributed by atoms with Crippen molar-refractivity contribution in [2.24, 2.45) is 11.8 Å². The molecule has 3 heteroatoms. The Balaban J connectivity index is 1.76. The Hall–Kier alpha value is -0.150. The smallest absolute Gasteiger partial charge is 0.124 e. The molecule has 0 aromatic rings. The minimum atomic E-state index is -0.743. The summed E-state index contributed by atoms with van der Waals surface area (Å²) in [6, 6.07) is 0. The van der Waals surface area contributed by atoms with Gasteiger partial charge in [0.15, 0.2) is 0 Å². The molecule has 0 amide bonds. The Labute approximate surface area is 98.1 Å². The molecule has 0 aliphatic carbocycles. The molecule has 2 aliphatic heterocycles. The third kappa shape index (κ3) is 3.17. The van der Waals surface area contributed by atoms with Crippen LogP contribution in [0.15, 0.2) is 0 Å². The van der Waals surface area contributed by atoms with E-state index in [1.165, 1.54) is 25.9 Å². The van der Waals surface area contributed by atoms with Crippen LogP contribution < -0.4 is 0 Å². The van der Waals surface area contributed by atoms with Crippen LogP contribution in [0.4, 0.5) is 4.39 Å². The van der Waals surface area contributed by atoms with Gasteiger partial charge in [0.05, 0.1) is 12.7 Å². The molecule has 2 fully saturated rings. The highest BCUT2D eigenvalue weighted by Crippen LogP contribution is 2.25. The molecule has 0 spiro atoms. The third-order valence-corrected chi connectivity index (χ3v) is 4.07. The summed E-state index contributed by atoms with van der Waals surface area (Å²) >= 11 is 0. The van der Waals surface area contributed by atoms with Gasteiger partial charge in [0, 0.05) is 6.54 Å². The summed E-state index contributed by atoms with van der Waals surface area (Å²) in [4.78, 5) is 2.49. The van der Waals surface area contributed by atoms with Gasteiger partial charge in [-0.05, 0) is 44.2 Å². The van der Waals surface area contributed by atoms with Gasteiger partial charge in [0.2, 0.25) is 0 Å². The number of hydrogen-bond donors (Lipinski definition) is 0. The molecule has 3 atom stereocenters. The highest BCUT2D eigenvalue weighted by molar-refractivity contribution is 4.80. The lowest BCUT2D eigenvalue weighted by Gasteiger charge is -2.37. The molecule has 0 aromatic carbocycles. The number of piperidine rings is 1. The maximum absolute atomic E-state index is 13.1. The summed E-state index contributed by atoms with van der Waals surface area (Å²) in [6.45, 7) is 8.12.